The molecule has 0 saturated heterocycles. The van der Waals surface area contributed by atoms with Gasteiger partial charge in [-0.1, -0.05) is 30.3 Å². The third kappa shape index (κ3) is 3.73. The van der Waals surface area contributed by atoms with Crippen LogP contribution < -0.4 is 10.6 Å². The van der Waals surface area contributed by atoms with E-state index < -0.39 is 0 Å². The lowest BCUT2D eigenvalue weighted by atomic mass is 10.1. The van der Waals surface area contributed by atoms with Gasteiger partial charge in [-0.25, -0.2) is 4.98 Å². The molecule has 2 aromatic rings. The monoisotopic (exact) mass is 242 g/mol. The minimum absolute atomic E-state index is 0.642. The van der Waals surface area contributed by atoms with Crippen LogP contribution in [0.15, 0.2) is 42.6 Å². The SMILES string of the molecule is CNc1nccc(NCCCc2ccccc2)n1. The van der Waals surface area contributed by atoms with Gasteiger partial charge in [0.15, 0.2) is 0 Å². The lowest BCUT2D eigenvalue weighted by Crippen LogP contribution is -2.06. The predicted octanol–water partition coefficient (Wildman–Crippen LogP) is 2.56. The van der Waals surface area contributed by atoms with Gasteiger partial charge in [0.2, 0.25) is 5.95 Å². The van der Waals surface area contributed by atoms with Crippen molar-refractivity contribution < 1.29 is 0 Å². The molecular formula is C14H18N4. The summed E-state index contributed by atoms with van der Waals surface area (Å²) in [7, 11) is 1.81. The van der Waals surface area contributed by atoms with Gasteiger partial charge in [0.1, 0.15) is 5.82 Å². The van der Waals surface area contributed by atoms with Crippen LogP contribution in [0.2, 0.25) is 0 Å². The largest absolute Gasteiger partial charge is 0.370 e. The number of nitrogens with one attached hydrogen (secondary N) is 2. The number of hydrogen-bond acceptors (Lipinski definition) is 4. The maximum atomic E-state index is 4.30. The molecule has 1 aromatic carbocycles. The molecule has 0 aliphatic carbocycles. The topological polar surface area (TPSA) is 49.8 Å². The summed E-state index contributed by atoms with van der Waals surface area (Å²) < 4.78 is 0. The molecule has 0 aliphatic rings. The van der Waals surface area contributed by atoms with Crippen molar-refractivity contribution in [3.63, 3.8) is 0 Å². The molecule has 0 fully saturated rings. The number of hydrogen-bond donors (Lipinski definition) is 2. The zero-order valence-corrected chi connectivity index (χ0v) is 10.6. The zero-order chi connectivity index (χ0) is 12.6. The fraction of sp³-hybridized carbons (Fsp3) is 0.286. The average molecular weight is 242 g/mol. The molecule has 0 aliphatic heterocycles. The van der Waals surface area contributed by atoms with E-state index in [0.29, 0.717) is 5.95 Å². The first kappa shape index (κ1) is 12.4. The maximum Gasteiger partial charge on any atom is 0.224 e. The minimum atomic E-state index is 0.642. The molecule has 1 aromatic heterocycles. The van der Waals surface area contributed by atoms with Crippen LogP contribution in [0.4, 0.5) is 11.8 Å². The Kier molecular flexibility index (Phi) is 4.53. The Morgan fingerprint density at radius 3 is 2.72 bits per heavy atom. The molecule has 0 amide bonds. The molecule has 0 spiro atoms. The first-order chi connectivity index (χ1) is 8.88. The van der Waals surface area contributed by atoms with Crippen molar-refractivity contribution in [2.75, 3.05) is 24.2 Å². The van der Waals surface area contributed by atoms with Gasteiger partial charge < -0.3 is 10.6 Å². The number of aromatic nitrogens is 2. The molecule has 1 heterocycles. The first-order valence-electron chi connectivity index (χ1n) is 6.17. The van der Waals surface area contributed by atoms with Crippen molar-refractivity contribution in [1.82, 2.24) is 9.97 Å². The Labute approximate surface area is 107 Å². The Bertz CT molecular complexity index is 470. The van der Waals surface area contributed by atoms with Crippen molar-refractivity contribution in [2.45, 2.75) is 12.8 Å². The number of nitrogens with zero attached hydrogens (tertiary/aromatic N) is 2. The number of anilines is 2. The van der Waals surface area contributed by atoms with Crippen LogP contribution in [0.25, 0.3) is 0 Å². The van der Waals surface area contributed by atoms with Gasteiger partial charge in [-0.15, -0.1) is 0 Å². The fourth-order valence-corrected chi connectivity index (χ4v) is 1.73. The van der Waals surface area contributed by atoms with E-state index >= 15 is 0 Å². The molecular weight excluding hydrogens is 224 g/mol. The highest BCUT2D eigenvalue weighted by Crippen LogP contribution is 2.06. The van der Waals surface area contributed by atoms with Gasteiger partial charge in [0, 0.05) is 19.8 Å². The van der Waals surface area contributed by atoms with Crippen LogP contribution in [0.1, 0.15) is 12.0 Å². The molecule has 0 atom stereocenters. The predicted molar refractivity (Wildman–Crippen MR) is 74.8 cm³/mol. The van der Waals surface area contributed by atoms with Crippen molar-refractivity contribution in [2.24, 2.45) is 0 Å². The maximum absolute atomic E-state index is 4.30. The highest BCUT2D eigenvalue weighted by Gasteiger charge is 1.96. The molecule has 4 heteroatoms. The molecule has 0 radical (unpaired) electrons. The third-order valence-corrected chi connectivity index (χ3v) is 2.67. The van der Waals surface area contributed by atoms with Crippen molar-refractivity contribution in [1.29, 1.82) is 0 Å². The summed E-state index contributed by atoms with van der Waals surface area (Å²) in [6.45, 7) is 0.912. The minimum Gasteiger partial charge on any atom is -0.370 e. The van der Waals surface area contributed by atoms with E-state index in [1.165, 1.54) is 5.56 Å². The van der Waals surface area contributed by atoms with E-state index in [4.69, 9.17) is 0 Å². The van der Waals surface area contributed by atoms with Gasteiger partial charge in [-0.2, -0.15) is 4.98 Å². The summed E-state index contributed by atoms with van der Waals surface area (Å²) in [5.74, 6) is 1.51. The van der Waals surface area contributed by atoms with E-state index in [9.17, 15) is 0 Å². The molecule has 4 nitrogen and oxygen atoms in total. The summed E-state index contributed by atoms with van der Waals surface area (Å²) in [6.07, 6.45) is 3.92. The molecule has 2 N–H and O–H groups in total. The number of aryl methyl sites for hydroxylation is 1. The highest BCUT2D eigenvalue weighted by atomic mass is 15.1. The Hall–Kier alpha value is -2.10. The number of rotatable bonds is 6. The highest BCUT2D eigenvalue weighted by molar-refractivity contribution is 5.38. The normalized spacial score (nSPS) is 10.1. The first-order valence-corrected chi connectivity index (χ1v) is 6.17. The summed E-state index contributed by atoms with van der Waals surface area (Å²) in [6, 6.07) is 12.4. The van der Waals surface area contributed by atoms with Crippen molar-refractivity contribution in [3.05, 3.63) is 48.2 Å². The van der Waals surface area contributed by atoms with Gasteiger partial charge in [-0.3, -0.25) is 0 Å². The lowest BCUT2D eigenvalue weighted by Gasteiger charge is -2.06. The molecule has 0 saturated carbocycles. The summed E-state index contributed by atoms with van der Waals surface area (Å²) in [5.41, 5.74) is 1.37. The van der Waals surface area contributed by atoms with Crippen LogP contribution in [0, 0.1) is 0 Å². The molecule has 2 rings (SSSR count). The van der Waals surface area contributed by atoms with Gasteiger partial charge in [-0.05, 0) is 24.5 Å². The van der Waals surface area contributed by atoms with Crippen LogP contribution in [-0.4, -0.2) is 23.6 Å². The van der Waals surface area contributed by atoms with Gasteiger partial charge in [0.25, 0.3) is 0 Å². The van der Waals surface area contributed by atoms with Crippen LogP contribution in [-0.2, 0) is 6.42 Å². The average Bonchev–Trinajstić information content (AvgIpc) is 2.45. The Morgan fingerprint density at radius 1 is 1.11 bits per heavy atom. The molecule has 0 unspecified atom stereocenters. The van der Waals surface area contributed by atoms with Crippen molar-refractivity contribution in [3.8, 4) is 0 Å². The number of benzene rings is 1. The second-order valence-electron chi connectivity index (χ2n) is 4.03. The Balaban J connectivity index is 1.75. The summed E-state index contributed by atoms with van der Waals surface area (Å²) in [4.78, 5) is 8.37. The lowest BCUT2D eigenvalue weighted by molar-refractivity contribution is 0.858. The third-order valence-electron chi connectivity index (χ3n) is 2.67. The summed E-state index contributed by atoms with van der Waals surface area (Å²) in [5, 5.41) is 6.22. The molecule has 0 bridgehead atoms. The van der Waals surface area contributed by atoms with Crippen molar-refractivity contribution >= 4 is 11.8 Å². The van der Waals surface area contributed by atoms with Gasteiger partial charge >= 0.3 is 0 Å². The van der Waals surface area contributed by atoms with Crippen LogP contribution in [0.5, 0.6) is 0 Å². The van der Waals surface area contributed by atoms with E-state index in [1.54, 1.807) is 6.20 Å². The smallest absolute Gasteiger partial charge is 0.224 e. The van der Waals surface area contributed by atoms with E-state index in [2.05, 4.69) is 44.9 Å². The second-order valence-corrected chi connectivity index (χ2v) is 4.03. The van der Waals surface area contributed by atoms with E-state index in [1.807, 2.05) is 19.2 Å². The van der Waals surface area contributed by atoms with Crippen LogP contribution in [0.3, 0.4) is 0 Å². The van der Waals surface area contributed by atoms with E-state index in [-0.39, 0.29) is 0 Å². The zero-order valence-electron chi connectivity index (χ0n) is 10.6. The quantitative estimate of drug-likeness (QED) is 0.764. The summed E-state index contributed by atoms with van der Waals surface area (Å²) >= 11 is 0. The fourth-order valence-electron chi connectivity index (χ4n) is 1.73. The standard InChI is InChI=1S/C14H18N4/c1-15-14-17-11-9-13(18-14)16-10-5-8-12-6-3-2-4-7-12/h2-4,6-7,9,11H,5,8,10H2,1H3,(H2,15,16,17,18). The second kappa shape index (κ2) is 6.59. The molecule has 94 valence electrons. The van der Waals surface area contributed by atoms with Crippen LogP contribution >= 0.6 is 0 Å². The van der Waals surface area contributed by atoms with Gasteiger partial charge in [0.05, 0.1) is 0 Å². The molecule has 18 heavy (non-hydrogen) atoms. The van der Waals surface area contributed by atoms with E-state index in [0.717, 1.165) is 25.2 Å². The Morgan fingerprint density at radius 2 is 1.94 bits per heavy atom.